The van der Waals surface area contributed by atoms with Gasteiger partial charge in [0.15, 0.2) is 0 Å². The van der Waals surface area contributed by atoms with Crippen LogP contribution in [0.5, 0.6) is 5.88 Å². The molecule has 0 atom stereocenters. The second-order valence-corrected chi connectivity index (χ2v) is 10.0. The van der Waals surface area contributed by atoms with Crippen LogP contribution >= 0.6 is 0 Å². The molecule has 7 nitrogen and oxygen atoms in total. The largest absolute Gasteiger partial charge is 0.480 e. The van der Waals surface area contributed by atoms with Crippen molar-refractivity contribution in [2.75, 3.05) is 20.2 Å². The zero-order valence-electron chi connectivity index (χ0n) is 21.1. The number of carbonyl (C=O) groups is 2. The smallest absolute Gasteiger partial charge is 0.270 e. The molecule has 10 heteroatoms. The maximum Gasteiger partial charge on any atom is 0.270 e. The van der Waals surface area contributed by atoms with E-state index in [0.29, 0.717) is 37.4 Å². The third-order valence-electron chi connectivity index (χ3n) is 7.42. The van der Waals surface area contributed by atoms with E-state index in [-0.39, 0.29) is 23.1 Å². The van der Waals surface area contributed by atoms with Gasteiger partial charge in [-0.1, -0.05) is 6.07 Å². The number of hydrogen-bond donors (Lipinski definition) is 1. The standard InChI is InChI=1S/C28H27F3N4O3/c1-16-6-7-18(26(32-16)38-2)27(37)35-14-28(15-35)12-10-17(11-13-28)33-25(36)22-9-8-21(31)24(34-22)23-19(29)4-3-5-20(23)30/h3-9,17H,10-15H2,1-2H3,(H,33,36). The lowest BCUT2D eigenvalue weighted by molar-refractivity contribution is -0.0200. The van der Waals surface area contributed by atoms with Crippen LogP contribution in [0.15, 0.2) is 42.5 Å². The Morgan fingerprint density at radius 2 is 1.66 bits per heavy atom. The summed E-state index contributed by atoms with van der Waals surface area (Å²) in [4.78, 5) is 35.8. The molecule has 2 aliphatic rings. The maximum absolute atomic E-state index is 14.4. The Bertz CT molecular complexity index is 1380. The summed E-state index contributed by atoms with van der Waals surface area (Å²) in [6, 6.07) is 8.76. The number of methoxy groups -OCH3 is 1. The molecule has 3 aromatic rings. The Hall–Kier alpha value is -3.95. The molecule has 5 rings (SSSR count). The fourth-order valence-electron chi connectivity index (χ4n) is 5.35. The quantitative estimate of drug-likeness (QED) is 0.524. The fourth-order valence-corrected chi connectivity index (χ4v) is 5.35. The summed E-state index contributed by atoms with van der Waals surface area (Å²) in [5.74, 6) is -3.17. The minimum atomic E-state index is -0.961. The molecule has 0 bridgehead atoms. The monoisotopic (exact) mass is 524 g/mol. The molecule has 1 aromatic carbocycles. The number of nitrogens with zero attached hydrogens (tertiary/aromatic N) is 3. The van der Waals surface area contributed by atoms with Crippen LogP contribution in [0.3, 0.4) is 0 Å². The molecule has 1 spiro atoms. The van der Waals surface area contributed by atoms with Crippen molar-refractivity contribution in [3.8, 4) is 17.1 Å². The summed E-state index contributed by atoms with van der Waals surface area (Å²) in [5, 5.41) is 2.91. The van der Waals surface area contributed by atoms with Gasteiger partial charge in [0.05, 0.1) is 12.7 Å². The molecule has 2 amide bonds. The highest BCUT2D eigenvalue weighted by Crippen LogP contribution is 2.44. The average Bonchev–Trinajstić information content (AvgIpc) is 2.88. The first-order valence-electron chi connectivity index (χ1n) is 12.4. The number of pyridine rings is 2. The highest BCUT2D eigenvalue weighted by Gasteiger charge is 2.47. The van der Waals surface area contributed by atoms with E-state index in [4.69, 9.17) is 4.74 Å². The van der Waals surface area contributed by atoms with Crippen LogP contribution in [0.2, 0.25) is 0 Å². The van der Waals surface area contributed by atoms with Crippen molar-refractivity contribution in [1.82, 2.24) is 20.2 Å². The normalized spacial score (nSPS) is 16.7. The number of likely N-dealkylation sites (tertiary alicyclic amines) is 1. The van der Waals surface area contributed by atoms with E-state index in [2.05, 4.69) is 15.3 Å². The van der Waals surface area contributed by atoms with Crippen LogP contribution in [0, 0.1) is 29.8 Å². The minimum Gasteiger partial charge on any atom is -0.480 e. The lowest BCUT2D eigenvalue weighted by Gasteiger charge is -2.53. The van der Waals surface area contributed by atoms with Crippen molar-refractivity contribution in [3.05, 3.63) is 76.9 Å². The van der Waals surface area contributed by atoms with Crippen molar-refractivity contribution < 1.29 is 27.5 Å². The number of rotatable bonds is 5. The molecule has 38 heavy (non-hydrogen) atoms. The first-order chi connectivity index (χ1) is 18.2. The molecular weight excluding hydrogens is 497 g/mol. The van der Waals surface area contributed by atoms with Crippen LogP contribution in [0.1, 0.15) is 52.2 Å². The predicted octanol–water partition coefficient (Wildman–Crippen LogP) is 4.69. The topological polar surface area (TPSA) is 84.4 Å². The maximum atomic E-state index is 14.4. The minimum absolute atomic E-state index is 0.00586. The molecule has 3 heterocycles. The molecule has 198 valence electrons. The molecule has 0 unspecified atom stereocenters. The Labute approximate surface area is 218 Å². The zero-order valence-corrected chi connectivity index (χ0v) is 21.1. The van der Waals surface area contributed by atoms with Gasteiger partial charge in [0.2, 0.25) is 5.88 Å². The molecule has 1 saturated carbocycles. The molecule has 2 aromatic heterocycles. The predicted molar refractivity (Wildman–Crippen MR) is 133 cm³/mol. The first-order valence-corrected chi connectivity index (χ1v) is 12.4. The SMILES string of the molecule is COc1nc(C)ccc1C(=O)N1CC2(CCC(NC(=O)c3ccc(F)c(-c4c(F)cccc4F)n3)CC2)C1. The highest BCUT2D eigenvalue weighted by molar-refractivity contribution is 5.97. The van der Waals surface area contributed by atoms with Crippen molar-refractivity contribution in [2.45, 2.75) is 38.6 Å². The van der Waals surface area contributed by atoms with E-state index < -0.39 is 34.6 Å². The van der Waals surface area contributed by atoms with E-state index in [1.165, 1.54) is 19.2 Å². The van der Waals surface area contributed by atoms with Crippen LogP contribution < -0.4 is 10.1 Å². The number of aromatic nitrogens is 2. The number of halogens is 3. The number of hydrogen-bond acceptors (Lipinski definition) is 5. The lowest BCUT2D eigenvalue weighted by atomic mass is 9.67. The van der Waals surface area contributed by atoms with Gasteiger partial charge in [0.1, 0.15) is 34.4 Å². The first kappa shape index (κ1) is 25.7. The van der Waals surface area contributed by atoms with Gasteiger partial charge in [0, 0.05) is 30.2 Å². The van der Waals surface area contributed by atoms with Gasteiger partial charge in [0.25, 0.3) is 11.8 Å². The molecule has 1 saturated heterocycles. The van der Waals surface area contributed by atoms with Gasteiger partial charge in [-0.25, -0.2) is 23.1 Å². The lowest BCUT2D eigenvalue weighted by Crippen LogP contribution is -2.60. The summed E-state index contributed by atoms with van der Waals surface area (Å²) in [6.45, 7) is 3.09. The summed E-state index contributed by atoms with van der Waals surface area (Å²) in [5.41, 5.74) is -0.0600. The van der Waals surface area contributed by atoms with Gasteiger partial charge >= 0.3 is 0 Å². The molecular formula is C28H27F3N4O3. The van der Waals surface area contributed by atoms with E-state index in [1.54, 1.807) is 17.0 Å². The van der Waals surface area contributed by atoms with Crippen LogP contribution in [0.25, 0.3) is 11.3 Å². The second kappa shape index (κ2) is 10.1. The fraction of sp³-hybridized carbons (Fsp3) is 0.357. The van der Waals surface area contributed by atoms with Crippen molar-refractivity contribution in [3.63, 3.8) is 0 Å². The van der Waals surface area contributed by atoms with Gasteiger partial charge in [-0.05, 0) is 69.0 Å². The Kier molecular flexibility index (Phi) is 6.81. The number of benzene rings is 1. The summed E-state index contributed by atoms with van der Waals surface area (Å²) >= 11 is 0. The Morgan fingerprint density at radius 3 is 2.32 bits per heavy atom. The number of ether oxygens (including phenoxy) is 1. The number of carbonyl (C=O) groups excluding carboxylic acids is 2. The molecule has 1 N–H and O–H groups in total. The van der Waals surface area contributed by atoms with Crippen molar-refractivity contribution in [2.24, 2.45) is 5.41 Å². The van der Waals surface area contributed by atoms with E-state index in [0.717, 1.165) is 36.7 Å². The van der Waals surface area contributed by atoms with Gasteiger partial charge in [-0.15, -0.1) is 0 Å². The number of amides is 2. The number of aryl methyl sites for hydroxylation is 1. The van der Waals surface area contributed by atoms with Crippen LogP contribution in [-0.2, 0) is 0 Å². The third kappa shape index (κ3) is 4.82. The van der Waals surface area contributed by atoms with Crippen LogP contribution in [-0.4, -0.2) is 52.9 Å². The molecule has 2 fully saturated rings. The van der Waals surface area contributed by atoms with Gasteiger partial charge in [-0.2, -0.15) is 0 Å². The average molecular weight is 525 g/mol. The van der Waals surface area contributed by atoms with Crippen molar-refractivity contribution in [1.29, 1.82) is 0 Å². The molecule has 1 aliphatic carbocycles. The highest BCUT2D eigenvalue weighted by atomic mass is 19.1. The van der Waals surface area contributed by atoms with Crippen molar-refractivity contribution >= 4 is 11.8 Å². The van der Waals surface area contributed by atoms with Gasteiger partial charge in [-0.3, -0.25) is 9.59 Å². The van der Waals surface area contributed by atoms with Crippen LogP contribution in [0.4, 0.5) is 13.2 Å². The van der Waals surface area contributed by atoms with E-state index >= 15 is 0 Å². The second-order valence-electron chi connectivity index (χ2n) is 10.0. The Balaban J connectivity index is 1.19. The summed E-state index contributed by atoms with van der Waals surface area (Å²) < 4.78 is 48.0. The number of nitrogens with one attached hydrogen (secondary N) is 1. The summed E-state index contributed by atoms with van der Waals surface area (Å²) in [7, 11) is 1.49. The third-order valence-corrected chi connectivity index (χ3v) is 7.42. The summed E-state index contributed by atoms with van der Waals surface area (Å²) in [6.07, 6.45) is 3.07. The Morgan fingerprint density at radius 1 is 0.974 bits per heavy atom. The molecule has 0 radical (unpaired) electrons. The van der Waals surface area contributed by atoms with Gasteiger partial charge < -0.3 is 15.0 Å². The van der Waals surface area contributed by atoms with E-state index in [9.17, 15) is 22.8 Å². The molecule has 1 aliphatic heterocycles. The van der Waals surface area contributed by atoms with E-state index in [1.807, 2.05) is 6.92 Å². The zero-order chi connectivity index (χ0) is 27.0.